The van der Waals surface area contributed by atoms with E-state index in [2.05, 4.69) is 183 Å². The Morgan fingerprint density at radius 2 is 0.565 bits per heavy atom. The van der Waals surface area contributed by atoms with Gasteiger partial charge in [0.15, 0.2) is 0 Å². The molecule has 0 N–H and O–H groups in total. The minimum absolute atomic E-state index is 0.00154. The van der Waals surface area contributed by atoms with Crippen molar-refractivity contribution in [1.29, 1.82) is 0 Å². The summed E-state index contributed by atoms with van der Waals surface area (Å²) in [7, 11) is 0. The van der Waals surface area contributed by atoms with Gasteiger partial charge in [0.25, 0.3) is 0 Å². The predicted octanol–water partition coefficient (Wildman–Crippen LogP) is 13.8. The van der Waals surface area contributed by atoms with Crippen LogP contribution in [0.2, 0.25) is 0 Å². The molecule has 46 heavy (non-hydrogen) atoms. The second-order valence-electron chi connectivity index (χ2n) is 19.0. The minimum Gasteiger partial charge on any atom is -0.0578 e. The Balaban J connectivity index is 1.88. The van der Waals surface area contributed by atoms with E-state index in [1.54, 1.807) is 0 Å². The molecule has 0 saturated carbocycles. The molecular formula is C46H58. The zero-order chi connectivity index (χ0) is 34.2. The van der Waals surface area contributed by atoms with Crippen LogP contribution in [0.5, 0.6) is 0 Å². The second-order valence-corrected chi connectivity index (χ2v) is 19.0. The zero-order valence-electron chi connectivity index (χ0n) is 31.5. The molecule has 5 aromatic carbocycles. The highest BCUT2D eigenvalue weighted by Gasteiger charge is 2.24. The third kappa shape index (κ3) is 6.83. The van der Waals surface area contributed by atoms with Gasteiger partial charge in [-0.25, -0.2) is 0 Å². The van der Waals surface area contributed by atoms with Crippen molar-refractivity contribution < 1.29 is 0 Å². The van der Waals surface area contributed by atoms with Crippen LogP contribution in [0, 0.1) is 0 Å². The number of benzene rings is 5. The molecule has 0 atom stereocenters. The van der Waals surface area contributed by atoms with Crippen molar-refractivity contribution in [3.8, 4) is 22.3 Å². The van der Waals surface area contributed by atoms with E-state index in [0.29, 0.717) is 0 Å². The third-order valence-corrected chi connectivity index (χ3v) is 9.79. The van der Waals surface area contributed by atoms with Gasteiger partial charge in [0.1, 0.15) is 0 Å². The van der Waals surface area contributed by atoms with Crippen LogP contribution in [0.1, 0.15) is 132 Å². The molecule has 0 heterocycles. The molecule has 0 unspecified atom stereocenters. The van der Waals surface area contributed by atoms with E-state index in [-0.39, 0.29) is 27.1 Å². The smallest absolute Gasteiger partial charge is 0.0102 e. The Morgan fingerprint density at radius 1 is 0.283 bits per heavy atom. The standard InChI is InChI=1S/C46H58/c1-42(2,3)33-16-18-38-31(21-33)25-36(45(10,11)12)27-40(38)29-20-30(24-35(23-29)44(7,8)9)41-28-37(46(13,14)15)26-32-22-34(43(4,5)6)17-19-39(32)41/h16-28H,1-15H3. The van der Waals surface area contributed by atoms with Crippen molar-refractivity contribution >= 4 is 21.5 Å². The lowest BCUT2D eigenvalue weighted by Crippen LogP contribution is -2.13. The summed E-state index contributed by atoms with van der Waals surface area (Å²) in [5, 5.41) is 5.29. The lowest BCUT2D eigenvalue weighted by molar-refractivity contribution is 0.589. The van der Waals surface area contributed by atoms with Crippen LogP contribution < -0.4 is 0 Å². The van der Waals surface area contributed by atoms with E-state index < -0.39 is 0 Å². The maximum atomic E-state index is 2.47. The first kappa shape index (κ1) is 34.0. The number of fused-ring (bicyclic) bond motifs is 2. The topological polar surface area (TPSA) is 0 Å². The van der Waals surface area contributed by atoms with E-state index in [9.17, 15) is 0 Å². The van der Waals surface area contributed by atoms with Gasteiger partial charge in [0.05, 0.1) is 0 Å². The molecule has 0 heteroatoms. The van der Waals surface area contributed by atoms with E-state index in [4.69, 9.17) is 0 Å². The van der Waals surface area contributed by atoms with Gasteiger partial charge in [-0.3, -0.25) is 0 Å². The van der Waals surface area contributed by atoms with Crippen molar-refractivity contribution in [2.45, 2.75) is 131 Å². The van der Waals surface area contributed by atoms with Crippen LogP contribution in [0.4, 0.5) is 0 Å². The van der Waals surface area contributed by atoms with Crippen molar-refractivity contribution in [2.75, 3.05) is 0 Å². The second kappa shape index (κ2) is 11.1. The fourth-order valence-corrected chi connectivity index (χ4v) is 6.39. The lowest BCUT2D eigenvalue weighted by Gasteiger charge is -2.26. The summed E-state index contributed by atoms with van der Waals surface area (Å²) >= 11 is 0. The quantitative estimate of drug-likeness (QED) is 0.186. The first-order chi connectivity index (χ1) is 20.9. The van der Waals surface area contributed by atoms with E-state index in [0.717, 1.165) is 0 Å². The van der Waals surface area contributed by atoms with E-state index in [1.807, 2.05) is 0 Å². The van der Waals surface area contributed by atoms with Crippen LogP contribution in [0.25, 0.3) is 43.8 Å². The molecule has 0 saturated heterocycles. The molecule has 0 aromatic heterocycles. The van der Waals surface area contributed by atoms with Gasteiger partial charge < -0.3 is 0 Å². The van der Waals surface area contributed by atoms with Gasteiger partial charge >= 0.3 is 0 Å². The third-order valence-electron chi connectivity index (χ3n) is 9.79. The Bertz CT molecular complexity index is 1780. The normalized spacial score (nSPS) is 13.5. The van der Waals surface area contributed by atoms with Crippen LogP contribution in [0.15, 0.2) is 78.9 Å². The highest BCUT2D eigenvalue weighted by atomic mass is 14.3. The van der Waals surface area contributed by atoms with Crippen LogP contribution in [-0.2, 0) is 27.1 Å². The highest BCUT2D eigenvalue weighted by Crippen LogP contribution is 2.42. The van der Waals surface area contributed by atoms with Gasteiger partial charge in [-0.05, 0) is 117 Å². The molecule has 0 amide bonds. The highest BCUT2D eigenvalue weighted by molar-refractivity contribution is 6.01. The molecule has 0 aliphatic carbocycles. The van der Waals surface area contributed by atoms with Crippen LogP contribution >= 0.6 is 0 Å². The summed E-state index contributed by atoms with van der Waals surface area (Å²) in [6.07, 6.45) is 0. The lowest BCUT2D eigenvalue weighted by atomic mass is 9.78. The molecule has 0 radical (unpaired) electrons. The summed E-state index contributed by atoms with van der Waals surface area (Å²) in [6.45, 7) is 34.9. The molecule has 0 nitrogen and oxygen atoms in total. The molecule has 5 aromatic rings. The van der Waals surface area contributed by atoms with Gasteiger partial charge in [-0.1, -0.05) is 165 Å². The molecule has 5 rings (SSSR count). The van der Waals surface area contributed by atoms with Crippen LogP contribution in [0.3, 0.4) is 0 Å². The summed E-state index contributed by atoms with van der Waals surface area (Å²) in [5.41, 5.74) is 12.3. The Hall–Kier alpha value is -3.38. The monoisotopic (exact) mass is 610 g/mol. The average molecular weight is 611 g/mol. The molecular weight excluding hydrogens is 553 g/mol. The van der Waals surface area contributed by atoms with Crippen molar-refractivity contribution in [1.82, 2.24) is 0 Å². The minimum atomic E-state index is -0.00154. The van der Waals surface area contributed by atoms with Gasteiger partial charge in [-0.2, -0.15) is 0 Å². The molecule has 0 bridgehead atoms. The number of hydrogen-bond acceptors (Lipinski definition) is 0. The van der Waals surface area contributed by atoms with Crippen molar-refractivity contribution in [2.24, 2.45) is 0 Å². The van der Waals surface area contributed by atoms with Gasteiger partial charge in [0.2, 0.25) is 0 Å². The number of hydrogen-bond donors (Lipinski definition) is 0. The zero-order valence-corrected chi connectivity index (χ0v) is 31.5. The SMILES string of the molecule is CC(C)(C)c1cc(-c2cc(C(C)(C)C)cc3cc(C(C)(C)C)ccc23)cc(-c2cc(C(C)(C)C)cc3cc(C(C)(C)C)ccc23)c1. The summed E-state index contributed by atoms with van der Waals surface area (Å²) < 4.78 is 0. The Kier molecular flexibility index (Phi) is 8.20. The largest absolute Gasteiger partial charge is 0.0578 e. The van der Waals surface area contributed by atoms with Crippen molar-refractivity contribution in [3.63, 3.8) is 0 Å². The van der Waals surface area contributed by atoms with Crippen molar-refractivity contribution in [3.05, 3.63) is 107 Å². The molecule has 0 fully saturated rings. The van der Waals surface area contributed by atoms with E-state index in [1.165, 1.54) is 71.6 Å². The molecule has 0 aliphatic heterocycles. The first-order valence-corrected chi connectivity index (χ1v) is 17.3. The molecule has 0 aliphatic rings. The number of rotatable bonds is 2. The maximum absolute atomic E-state index is 2.47. The summed E-state index contributed by atoms with van der Waals surface area (Å²) in [5.74, 6) is 0. The Labute approximate surface area is 280 Å². The fourth-order valence-electron chi connectivity index (χ4n) is 6.39. The summed E-state index contributed by atoms with van der Waals surface area (Å²) in [6, 6.07) is 31.4. The maximum Gasteiger partial charge on any atom is -0.0102 e. The average Bonchev–Trinajstić information content (AvgIpc) is 2.92. The van der Waals surface area contributed by atoms with Gasteiger partial charge in [0, 0.05) is 0 Å². The molecule has 242 valence electrons. The molecule has 0 spiro atoms. The predicted molar refractivity (Wildman–Crippen MR) is 206 cm³/mol. The van der Waals surface area contributed by atoms with Crippen LogP contribution in [-0.4, -0.2) is 0 Å². The fraction of sp³-hybridized carbons (Fsp3) is 0.435. The summed E-state index contributed by atoms with van der Waals surface area (Å²) in [4.78, 5) is 0. The Morgan fingerprint density at radius 3 is 0.870 bits per heavy atom. The first-order valence-electron chi connectivity index (χ1n) is 17.3. The van der Waals surface area contributed by atoms with Gasteiger partial charge in [-0.15, -0.1) is 0 Å². The van der Waals surface area contributed by atoms with E-state index >= 15 is 0 Å².